The maximum absolute atomic E-state index is 11.3. The highest BCUT2D eigenvalue weighted by molar-refractivity contribution is 5.69. The van der Waals surface area contributed by atoms with Gasteiger partial charge in [0.25, 0.3) is 0 Å². The maximum atomic E-state index is 11.3. The lowest BCUT2D eigenvalue weighted by Crippen LogP contribution is -2.27. The Kier molecular flexibility index (Phi) is 4.97. The van der Waals surface area contributed by atoms with Crippen molar-refractivity contribution in [2.24, 2.45) is 5.73 Å². The van der Waals surface area contributed by atoms with E-state index in [9.17, 15) is 4.79 Å². The van der Waals surface area contributed by atoms with Crippen LogP contribution in [0.1, 0.15) is 42.9 Å². The van der Waals surface area contributed by atoms with Gasteiger partial charge in [-0.1, -0.05) is 18.2 Å². The van der Waals surface area contributed by atoms with Crippen molar-refractivity contribution < 1.29 is 9.53 Å². The van der Waals surface area contributed by atoms with Gasteiger partial charge in [-0.25, -0.2) is 0 Å². The van der Waals surface area contributed by atoms with E-state index >= 15 is 0 Å². The lowest BCUT2D eigenvalue weighted by atomic mass is 9.87. The first kappa shape index (κ1) is 14.1. The molecule has 0 bridgehead atoms. The van der Waals surface area contributed by atoms with Crippen molar-refractivity contribution in [1.82, 2.24) is 0 Å². The minimum Gasteiger partial charge on any atom is -0.466 e. The third-order valence-corrected chi connectivity index (χ3v) is 3.69. The molecule has 3 heteroatoms. The number of nitrogens with two attached hydrogens (primary N) is 1. The number of hydrogen-bond donors (Lipinski definition) is 1. The van der Waals surface area contributed by atoms with Gasteiger partial charge in [0.2, 0.25) is 0 Å². The summed E-state index contributed by atoms with van der Waals surface area (Å²) in [5.41, 5.74) is 10.2. The molecule has 1 aliphatic rings. The molecule has 0 aromatic heterocycles. The van der Waals surface area contributed by atoms with Crippen LogP contribution in [0.3, 0.4) is 0 Å². The fourth-order valence-electron chi connectivity index (χ4n) is 2.66. The zero-order valence-electron chi connectivity index (χ0n) is 11.7. The third-order valence-electron chi connectivity index (χ3n) is 3.69. The zero-order chi connectivity index (χ0) is 13.7. The molecule has 0 amide bonds. The number of carbonyl (C=O) groups excluding carboxylic acids is 1. The summed E-state index contributed by atoms with van der Waals surface area (Å²) in [4.78, 5) is 11.3. The predicted molar refractivity (Wildman–Crippen MR) is 76.0 cm³/mol. The first-order valence-corrected chi connectivity index (χ1v) is 7.21. The fraction of sp³-hybridized carbons (Fsp3) is 0.562. The molecule has 1 atom stereocenters. The van der Waals surface area contributed by atoms with Crippen molar-refractivity contribution >= 4 is 5.97 Å². The number of aryl methyl sites for hydroxylation is 2. The van der Waals surface area contributed by atoms with Gasteiger partial charge in [-0.2, -0.15) is 0 Å². The van der Waals surface area contributed by atoms with Crippen LogP contribution < -0.4 is 5.73 Å². The van der Waals surface area contributed by atoms with Gasteiger partial charge in [0, 0.05) is 12.5 Å². The molecule has 104 valence electrons. The minimum absolute atomic E-state index is 0.0949. The maximum Gasteiger partial charge on any atom is 0.305 e. The van der Waals surface area contributed by atoms with Gasteiger partial charge in [0.15, 0.2) is 0 Å². The molecule has 2 N–H and O–H groups in total. The zero-order valence-corrected chi connectivity index (χ0v) is 11.7. The van der Waals surface area contributed by atoms with Gasteiger partial charge in [0.05, 0.1) is 6.61 Å². The van der Waals surface area contributed by atoms with Crippen molar-refractivity contribution in [1.29, 1.82) is 0 Å². The second-order valence-electron chi connectivity index (χ2n) is 5.26. The molecule has 0 saturated carbocycles. The summed E-state index contributed by atoms with van der Waals surface area (Å²) in [7, 11) is 0. The van der Waals surface area contributed by atoms with E-state index in [0.29, 0.717) is 19.1 Å². The molecular weight excluding hydrogens is 238 g/mol. The predicted octanol–water partition coefficient (Wildman–Crippen LogP) is 2.39. The largest absolute Gasteiger partial charge is 0.466 e. The number of benzene rings is 1. The van der Waals surface area contributed by atoms with Gasteiger partial charge >= 0.3 is 5.97 Å². The molecule has 0 radical (unpaired) electrons. The van der Waals surface area contributed by atoms with Crippen molar-refractivity contribution in [3.63, 3.8) is 0 Å². The third kappa shape index (κ3) is 4.06. The van der Waals surface area contributed by atoms with Gasteiger partial charge in [-0.3, -0.25) is 4.79 Å². The fourth-order valence-corrected chi connectivity index (χ4v) is 2.66. The average molecular weight is 261 g/mol. The number of carbonyl (C=O) groups is 1. The van der Waals surface area contributed by atoms with E-state index in [-0.39, 0.29) is 5.97 Å². The Morgan fingerprint density at radius 1 is 1.42 bits per heavy atom. The van der Waals surface area contributed by atoms with E-state index in [1.807, 2.05) is 6.92 Å². The van der Waals surface area contributed by atoms with Gasteiger partial charge in [-0.05, 0) is 55.7 Å². The Morgan fingerprint density at radius 3 is 3.05 bits per heavy atom. The van der Waals surface area contributed by atoms with E-state index in [2.05, 4.69) is 18.2 Å². The van der Waals surface area contributed by atoms with Crippen LogP contribution in [0.4, 0.5) is 0 Å². The van der Waals surface area contributed by atoms with Crippen LogP contribution in [0.2, 0.25) is 0 Å². The first-order valence-electron chi connectivity index (χ1n) is 7.21. The quantitative estimate of drug-likeness (QED) is 0.828. The number of esters is 1. The summed E-state index contributed by atoms with van der Waals surface area (Å²) in [5.74, 6) is -0.0949. The highest BCUT2D eigenvalue weighted by Gasteiger charge is 2.15. The molecule has 0 heterocycles. The second-order valence-corrected chi connectivity index (χ2v) is 5.26. The van der Waals surface area contributed by atoms with Crippen LogP contribution >= 0.6 is 0 Å². The van der Waals surface area contributed by atoms with Crippen LogP contribution in [-0.2, 0) is 28.8 Å². The van der Waals surface area contributed by atoms with Gasteiger partial charge in [0.1, 0.15) is 0 Å². The van der Waals surface area contributed by atoms with Gasteiger partial charge < -0.3 is 10.5 Å². The summed E-state index contributed by atoms with van der Waals surface area (Å²) in [6, 6.07) is 6.98. The number of ether oxygens (including phenoxy) is 1. The molecular formula is C16H23NO2. The highest BCUT2D eigenvalue weighted by atomic mass is 16.5. The molecule has 3 nitrogen and oxygen atoms in total. The molecule has 1 aliphatic carbocycles. The Morgan fingerprint density at radius 2 is 2.26 bits per heavy atom. The molecule has 0 fully saturated rings. The normalized spacial score (nSPS) is 17.9. The van der Waals surface area contributed by atoms with Crippen LogP contribution in [0.15, 0.2) is 18.2 Å². The summed E-state index contributed by atoms with van der Waals surface area (Å²) >= 11 is 0. The molecule has 0 saturated heterocycles. The Hall–Kier alpha value is -1.35. The second kappa shape index (κ2) is 6.71. The molecule has 1 aromatic rings. The topological polar surface area (TPSA) is 52.3 Å². The summed E-state index contributed by atoms with van der Waals surface area (Å²) < 4.78 is 4.93. The number of fused-ring (bicyclic) bond motifs is 1. The van der Waals surface area contributed by atoms with E-state index in [1.54, 1.807) is 0 Å². The Bertz CT molecular complexity index is 442. The smallest absolute Gasteiger partial charge is 0.305 e. The number of hydrogen-bond acceptors (Lipinski definition) is 3. The molecule has 1 aromatic carbocycles. The average Bonchev–Trinajstić information content (AvgIpc) is 2.38. The van der Waals surface area contributed by atoms with Crippen molar-refractivity contribution in [3.05, 3.63) is 34.9 Å². The van der Waals surface area contributed by atoms with Crippen LogP contribution in [-0.4, -0.2) is 18.6 Å². The lowest BCUT2D eigenvalue weighted by molar-refractivity contribution is -0.143. The molecule has 2 rings (SSSR count). The molecule has 19 heavy (non-hydrogen) atoms. The van der Waals surface area contributed by atoms with Crippen molar-refractivity contribution in [3.8, 4) is 0 Å². The van der Waals surface area contributed by atoms with Crippen molar-refractivity contribution in [2.45, 2.75) is 51.5 Å². The summed E-state index contributed by atoms with van der Waals surface area (Å²) in [6.45, 7) is 2.31. The lowest BCUT2D eigenvalue weighted by Gasteiger charge is -2.22. The molecule has 1 unspecified atom stereocenters. The summed E-state index contributed by atoms with van der Waals surface area (Å²) in [5, 5.41) is 0. The van der Waals surface area contributed by atoms with E-state index in [1.165, 1.54) is 16.7 Å². The van der Waals surface area contributed by atoms with Crippen LogP contribution in [0, 0.1) is 0 Å². The first-order chi connectivity index (χ1) is 9.19. The Labute approximate surface area is 115 Å². The Balaban J connectivity index is 1.88. The monoisotopic (exact) mass is 261 g/mol. The molecule has 0 aliphatic heterocycles. The minimum atomic E-state index is -0.0949. The molecule has 0 spiro atoms. The van der Waals surface area contributed by atoms with Gasteiger partial charge in [-0.15, -0.1) is 0 Å². The highest BCUT2D eigenvalue weighted by Crippen LogP contribution is 2.22. The van der Waals surface area contributed by atoms with Crippen LogP contribution in [0.25, 0.3) is 0 Å². The van der Waals surface area contributed by atoms with Crippen molar-refractivity contribution in [2.75, 3.05) is 6.61 Å². The summed E-state index contributed by atoms with van der Waals surface area (Å²) in [6.07, 6.45) is 5.46. The van der Waals surface area contributed by atoms with E-state index < -0.39 is 0 Å². The standard InChI is InChI=1S/C16H23NO2/c1-2-19-16(18)5-3-4-12-6-7-13-8-9-15(17)11-14(13)10-12/h6-7,10,15H,2-5,8-9,11,17H2,1H3. The number of rotatable bonds is 5. The SMILES string of the molecule is CCOC(=O)CCCc1ccc2c(c1)CC(N)CC2. The van der Waals surface area contributed by atoms with E-state index in [0.717, 1.165) is 32.1 Å². The van der Waals surface area contributed by atoms with Crippen LogP contribution in [0.5, 0.6) is 0 Å². The van der Waals surface area contributed by atoms with E-state index in [4.69, 9.17) is 10.5 Å².